The lowest BCUT2D eigenvalue weighted by molar-refractivity contribution is -0.137. The van der Waals surface area contributed by atoms with Gasteiger partial charge in [0, 0.05) is 5.56 Å². The number of fused-ring (bicyclic) bond motifs is 1. The first kappa shape index (κ1) is 17.5. The van der Waals surface area contributed by atoms with Gasteiger partial charge < -0.3 is 20.7 Å². The van der Waals surface area contributed by atoms with Crippen LogP contribution in [0.15, 0.2) is 11.6 Å². The molecular weight excluding hydrogens is 322 g/mol. The van der Waals surface area contributed by atoms with Gasteiger partial charge in [-0.05, 0) is 55.2 Å². The van der Waals surface area contributed by atoms with Gasteiger partial charge in [0.1, 0.15) is 6.61 Å². The maximum Gasteiger partial charge on any atom is 0.341 e. The van der Waals surface area contributed by atoms with Crippen molar-refractivity contribution in [2.45, 2.75) is 52.2 Å². The summed E-state index contributed by atoms with van der Waals surface area (Å²) in [6, 6.07) is 0. The van der Waals surface area contributed by atoms with Crippen LogP contribution in [0.2, 0.25) is 0 Å². The zero-order chi connectivity index (χ0) is 18.1. The van der Waals surface area contributed by atoms with E-state index in [1.165, 1.54) is 0 Å². The Balaban J connectivity index is 1.96. The smallest absolute Gasteiger partial charge is 0.341 e. The van der Waals surface area contributed by atoms with E-state index >= 15 is 0 Å². The van der Waals surface area contributed by atoms with E-state index in [4.69, 9.17) is 15.6 Å². The minimum absolute atomic E-state index is 0.0665. The molecule has 1 fully saturated rings. The van der Waals surface area contributed by atoms with Crippen molar-refractivity contribution >= 4 is 17.6 Å². The van der Waals surface area contributed by atoms with Crippen molar-refractivity contribution in [1.82, 2.24) is 0 Å². The molecule has 2 aliphatic rings. The van der Waals surface area contributed by atoms with Crippen LogP contribution in [0.3, 0.4) is 0 Å². The van der Waals surface area contributed by atoms with Crippen molar-refractivity contribution in [2.75, 3.05) is 5.73 Å². The van der Waals surface area contributed by atoms with Gasteiger partial charge in [-0.25, -0.2) is 4.79 Å². The van der Waals surface area contributed by atoms with E-state index in [1.54, 1.807) is 0 Å². The van der Waals surface area contributed by atoms with Gasteiger partial charge in [-0.1, -0.05) is 11.6 Å². The van der Waals surface area contributed by atoms with Gasteiger partial charge in [-0.2, -0.15) is 0 Å². The second-order valence-corrected chi connectivity index (χ2v) is 6.75. The van der Waals surface area contributed by atoms with E-state index < -0.39 is 11.9 Å². The lowest BCUT2D eigenvalue weighted by atomic mass is 9.89. The highest BCUT2D eigenvalue weighted by Gasteiger charge is 2.30. The Kier molecular flexibility index (Phi) is 4.81. The normalized spacial score (nSPS) is 20.8. The molecule has 6 nitrogen and oxygen atoms in total. The van der Waals surface area contributed by atoms with Crippen LogP contribution >= 0.6 is 0 Å². The van der Waals surface area contributed by atoms with E-state index in [0.717, 1.165) is 47.1 Å². The van der Waals surface area contributed by atoms with Crippen LogP contribution in [0.5, 0.6) is 0 Å². The summed E-state index contributed by atoms with van der Waals surface area (Å²) in [5, 5.41) is 18.8. The van der Waals surface area contributed by atoms with Gasteiger partial charge in [-0.15, -0.1) is 0 Å². The number of carbonyl (C=O) groups excluding carboxylic acids is 1. The summed E-state index contributed by atoms with van der Waals surface area (Å²) in [5.41, 5.74) is 11.2. The summed E-state index contributed by atoms with van der Waals surface area (Å²) in [4.78, 5) is 23.0. The number of aliphatic hydroxyl groups excluding tert-OH is 1. The van der Waals surface area contributed by atoms with E-state index in [1.807, 2.05) is 13.0 Å². The molecule has 134 valence electrons. The molecule has 3 rings (SSSR count). The second kappa shape index (κ2) is 6.88. The molecule has 1 aliphatic carbocycles. The number of benzene rings is 1. The van der Waals surface area contributed by atoms with Gasteiger partial charge >= 0.3 is 11.9 Å². The summed E-state index contributed by atoms with van der Waals surface area (Å²) in [6.45, 7) is 1.90. The van der Waals surface area contributed by atoms with E-state index in [-0.39, 0.29) is 25.6 Å². The third-order valence-electron chi connectivity index (χ3n) is 5.41. The molecule has 1 atom stereocenters. The summed E-state index contributed by atoms with van der Waals surface area (Å²) < 4.78 is 5.10. The number of esters is 1. The number of anilines is 1. The van der Waals surface area contributed by atoms with Crippen molar-refractivity contribution in [3.05, 3.63) is 39.5 Å². The molecule has 4 N–H and O–H groups in total. The quantitative estimate of drug-likeness (QED) is 0.430. The van der Waals surface area contributed by atoms with Crippen LogP contribution < -0.4 is 5.73 Å². The Morgan fingerprint density at radius 1 is 1.40 bits per heavy atom. The number of rotatable bonds is 5. The van der Waals surface area contributed by atoms with Crippen molar-refractivity contribution in [2.24, 2.45) is 5.92 Å². The van der Waals surface area contributed by atoms with E-state index in [0.29, 0.717) is 17.7 Å². The predicted molar refractivity (Wildman–Crippen MR) is 92.0 cm³/mol. The number of nitrogens with two attached hydrogens (primary N) is 1. The van der Waals surface area contributed by atoms with Gasteiger partial charge in [0.25, 0.3) is 0 Å². The molecule has 1 heterocycles. The molecule has 1 aromatic rings. The number of carbonyl (C=O) groups is 2. The number of hydrogen-bond donors (Lipinski definition) is 3. The average molecular weight is 345 g/mol. The first-order valence-corrected chi connectivity index (χ1v) is 8.55. The third kappa shape index (κ3) is 3.14. The molecule has 0 unspecified atom stereocenters. The summed E-state index contributed by atoms with van der Waals surface area (Å²) in [6.07, 6.45) is 5.41. The molecular formula is C19H23NO5. The highest BCUT2D eigenvalue weighted by Crippen LogP contribution is 2.37. The third-order valence-corrected chi connectivity index (χ3v) is 5.41. The van der Waals surface area contributed by atoms with Crippen LogP contribution in [0, 0.1) is 12.8 Å². The highest BCUT2D eigenvalue weighted by atomic mass is 16.5. The van der Waals surface area contributed by atoms with Crippen LogP contribution in [0.1, 0.15) is 58.3 Å². The Bertz CT molecular complexity index is 766. The minimum Gasteiger partial charge on any atom is -0.481 e. The number of carboxylic acid groups (broad SMARTS) is 1. The van der Waals surface area contributed by atoms with Crippen molar-refractivity contribution < 1.29 is 24.5 Å². The molecule has 1 saturated carbocycles. The fourth-order valence-corrected chi connectivity index (χ4v) is 4.03. The molecule has 1 aromatic carbocycles. The monoisotopic (exact) mass is 345 g/mol. The van der Waals surface area contributed by atoms with E-state index in [2.05, 4.69) is 0 Å². The van der Waals surface area contributed by atoms with Crippen LogP contribution in [-0.2, 0) is 29.2 Å². The van der Waals surface area contributed by atoms with Crippen molar-refractivity contribution in [3.63, 3.8) is 0 Å². The topological polar surface area (TPSA) is 110 Å². The van der Waals surface area contributed by atoms with Crippen LogP contribution in [0.25, 0.3) is 0 Å². The largest absolute Gasteiger partial charge is 0.481 e. The SMILES string of the molecule is Cc1c(CO)c(CC=C2CCC[C@H]2CC(=O)O)c(N)c2c1COC2=O. The Hall–Kier alpha value is -2.34. The highest BCUT2D eigenvalue weighted by molar-refractivity contribution is 6.00. The Labute approximate surface area is 146 Å². The average Bonchev–Trinajstić information content (AvgIpc) is 3.15. The van der Waals surface area contributed by atoms with Crippen LogP contribution in [0.4, 0.5) is 5.69 Å². The zero-order valence-electron chi connectivity index (χ0n) is 14.3. The van der Waals surface area contributed by atoms with Gasteiger partial charge in [-0.3, -0.25) is 4.79 Å². The lowest BCUT2D eigenvalue weighted by Crippen LogP contribution is -2.10. The summed E-state index contributed by atoms with van der Waals surface area (Å²) in [7, 11) is 0. The molecule has 0 aromatic heterocycles. The van der Waals surface area contributed by atoms with Gasteiger partial charge in [0.15, 0.2) is 0 Å². The molecule has 1 aliphatic heterocycles. The summed E-state index contributed by atoms with van der Waals surface area (Å²) >= 11 is 0. The minimum atomic E-state index is -0.788. The van der Waals surface area contributed by atoms with Crippen molar-refractivity contribution in [1.29, 1.82) is 0 Å². The first-order valence-electron chi connectivity index (χ1n) is 8.55. The van der Waals surface area contributed by atoms with E-state index in [9.17, 15) is 14.7 Å². The number of carboxylic acids is 1. The van der Waals surface area contributed by atoms with Gasteiger partial charge in [0.2, 0.25) is 0 Å². The maximum atomic E-state index is 12.0. The standard InChI is InChI=1S/C19H23NO5/c1-10-14(8-21)13(18(20)17-15(10)9-25-19(17)24)6-5-11-3-2-4-12(11)7-16(22)23/h5,12,21H,2-4,6-9,20H2,1H3,(H,22,23)/t12-/m0/s1. The zero-order valence-corrected chi connectivity index (χ0v) is 14.3. The fourth-order valence-electron chi connectivity index (χ4n) is 4.03. The molecule has 6 heteroatoms. The molecule has 0 bridgehead atoms. The number of hydrogen-bond acceptors (Lipinski definition) is 5. The lowest BCUT2D eigenvalue weighted by Gasteiger charge is -2.17. The molecule has 0 spiro atoms. The summed E-state index contributed by atoms with van der Waals surface area (Å²) in [5.74, 6) is -1.14. The van der Waals surface area contributed by atoms with Crippen LogP contribution in [-0.4, -0.2) is 22.2 Å². The fraction of sp³-hybridized carbons (Fsp3) is 0.474. The van der Waals surface area contributed by atoms with Crippen molar-refractivity contribution in [3.8, 4) is 0 Å². The molecule has 25 heavy (non-hydrogen) atoms. The molecule has 0 saturated heterocycles. The number of nitrogen functional groups attached to an aromatic ring is 1. The molecule has 0 radical (unpaired) electrons. The molecule has 0 amide bonds. The number of allylic oxidation sites excluding steroid dienone is 2. The number of ether oxygens (including phenoxy) is 1. The number of cyclic esters (lactones) is 1. The Morgan fingerprint density at radius 2 is 2.16 bits per heavy atom. The second-order valence-electron chi connectivity index (χ2n) is 6.75. The predicted octanol–water partition coefficient (Wildman–Crippen LogP) is 2.48. The first-order chi connectivity index (χ1) is 11.9. The number of aliphatic hydroxyl groups is 1. The Morgan fingerprint density at radius 3 is 2.84 bits per heavy atom. The van der Waals surface area contributed by atoms with Gasteiger partial charge in [0.05, 0.1) is 24.3 Å². The number of aliphatic carboxylic acids is 1. The maximum absolute atomic E-state index is 12.0.